The molecule has 3 N–H and O–H groups in total. The molecule has 0 aliphatic heterocycles. The molecule has 1 unspecified atom stereocenters. The number of rotatable bonds is 3. The van der Waals surface area contributed by atoms with Crippen LogP contribution in [0.15, 0.2) is 28.7 Å². The zero-order valence-corrected chi connectivity index (χ0v) is 9.32. The van der Waals surface area contributed by atoms with E-state index in [0.29, 0.717) is 16.7 Å². The quantitative estimate of drug-likeness (QED) is 0.856. The van der Waals surface area contributed by atoms with Gasteiger partial charge >= 0.3 is 0 Å². The fraction of sp³-hybridized carbons (Fsp3) is 0.385. The predicted molar refractivity (Wildman–Crippen MR) is 61.8 cm³/mol. The van der Waals surface area contributed by atoms with Crippen LogP contribution in [0.3, 0.4) is 0 Å². The van der Waals surface area contributed by atoms with Crippen LogP contribution in [0, 0.1) is 11.7 Å². The molecule has 1 saturated carbocycles. The van der Waals surface area contributed by atoms with E-state index < -0.39 is 5.60 Å². The van der Waals surface area contributed by atoms with E-state index in [-0.39, 0.29) is 18.3 Å². The Morgan fingerprint density at radius 3 is 2.82 bits per heavy atom. The lowest BCUT2D eigenvalue weighted by molar-refractivity contribution is 0.00254. The third kappa shape index (κ3) is 1.64. The number of hydrogen-bond donors (Lipinski definition) is 2. The molecule has 1 aliphatic carbocycles. The molecule has 0 saturated heterocycles. The zero-order valence-electron chi connectivity index (χ0n) is 9.32. The van der Waals surface area contributed by atoms with Gasteiger partial charge in [-0.3, -0.25) is 0 Å². The van der Waals surface area contributed by atoms with Crippen molar-refractivity contribution >= 4 is 11.0 Å². The summed E-state index contributed by atoms with van der Waals surface area (Å²) in [5.74, 6) is 0.300. The highest BCUT2D eigenvalue weighted by Gasteiger charge is 2.46. The highest BCUT2D eigenvalue weighted by Crippen LogP contribution is 2.46. The van der Waals surface area contributed by atoms with Crippen LogP contribution in [0.5, 0.6) is 0 Å². The molecule has 1 aromatic carbocycles. The number of benzene rings is 1. The van der Waals surface area contributed by atoms with Gasteiger partial charge in [-0.2, -0.15) is 0 Å². The summed E-state index contributed by atoms with van der Waals surface area (Å²) in [7, 11) is 0. The van der Waals surface area contributed by atoms with Gasteiger partial charge in [0.05, 0.1) is 0 Å². The summed E-state index contributed by atoms with van der Waals surface area (Å²) in [5.41, 5.74) is 5.12. The molecule has 1 atom stereocenters. The van der Waals surface area contributed by atoms with E-state index in [1.165, 1.54) is 12.1 Å². The van der Waals surface area contributed by atoms with Crippen LogP contribution < -0.4 is 5.73 Å². The van der Waals surface area contributed by atoms with E-state index in [1.807, 2.05) is 0 Å². The second kappa shape index (κ2) is 3.55. The Morgan fingerprint density at radius 2 is 2.18 bits per heavy atom. The molecule has 1 heterocycles. The monoisotopic (exact) mass is 235 g/mol. The van der Waals surface area contributed by atoms with E-state index in [1.54, 1.807) is 12.1 Å². The first-order chi connectivity index (χ1) is 8.13. The lowest BCUT2D eigenvalue weighted by Gasteiger charge is -2.23. The second-order valence-electron chi connectivity index (χ2n) is 4.70. The molecule has 0 amide bonds. The van der Waals surface area contributed by atoms with Crippen molar-refractivity contribution in [2.75, 3.05) is 6.54 Å². The minimum absolute atomic E-state index is 0.125. The summed E-state index contributed by atoms with van der Waals surface area (Å²) < 4.78 is 18.7. The molecule has 1 fully saturated rings. The second-order valence-corrected chi connectivity index (χ2v) is 4.70. The SMILES string of the molecule is NCC(O)(c1cc2cc(F)ccc2o1)C1CC1. The van der Waals surface area contributed by atoms with Crippen LogP contribution in [0.4, 0.5) is 4.39 Å². The van der Waals surface area contributed by atoms with Gasteiger partial charge < -0.3 is 15.3 Å². The molecule has 90 valence electrons. The number of hydrogen-bond acceptors (Lipinski definition) is 3. The highest BCUT2D eigenvalue weighted by atomic mass is 19.1. The summed E-state index contributed by atoms with van der Waals surface area (Å²) in [6.07, 6.45) is 1.91. The van der Waals surface area contributed by atoms with Crippen molar-refractivity contribution < 1.29 is 13.9 Å². The smallest absolute Gasteiger partial charge is 0.138 e. The molecule has 0 radical (unpaired) electrons. The van der Waals surface area contributed by atoms with Crippen molar-refractivity contribution in [1.82, 2.24) is 0 Å². The Kier molecular flexibility index (Phi) is 2.24. The highest BCUT2D eigenvalue weighted by molar-refractivity contribution is 5.78. The Labute approximate surface area is 98.0 Å². The third-order valence-corrected chi connectivity index (χ3v) is 3.47. The summed E-state index contributed by atoms with van der Waals surface area (Å²) in [5, 5.41) is 11.1. The van der Waals surface area contributed by atoms with Gasteiger partial charge in [0.2, 0.25) is 0 Å². The molecule has 4 heteroatoms. The van der Waals surface area contributed by atoms with E-state index in [2.05, 4.69) is 0 Å². The minimum Gasteiger partial charge on any atom is -0.458 e. The van der Waals surface area contributed by atoms with Gasteiger partial charge in [-0.1, -0.05) is 0 Å². The van der Waals surface area contributed by atoms with Crippen LogP contribution in [0.25, 0.3) is 11.0 Å². The first-order valence-corrected chi connectivity index (χ1v) is 5.75. The zero-order chi connectivity index (χ0) is 12.0. The fourth-order valence-electron chi connectivity index (χ4n) is 2.26. The van der Waals surface area contributed by atoms with E-state index in [0.717, 1.165) is 12.8 Å². The molecular formula is C13H14FNO2. The van der Waals surface area contributed by atoms with Gasteiger partial charge in [0.1, 0.15) is 22.8 Å². The average molecular weight is 235 g/mol. The number of fused-ring (bicyclic) bond motifs is 1. The lowest BCUT2D eigenvalue weighted by atomic mass is 9.95. The maximum atomic E-state index is 13.1. The molecule has 1 aromatic heterocycles. The van der Waals surface area contributed by atoms with Crippen LogP contribution in [-0.4, -0.2) is 11.7 Å². The van der Waals surface area contributed by atoms with Gasteiger partial charge in [-0.15, -0.1) is 0 Å². The fourth-order valence-corrected chi connectivity index (χ4v) is 2.26. The van der Waals surface area contributed by atoms with E-state index >= 15 is 0 Å². The van der Waals surface area contributed by atoms with Gasteiger partial charge in [0, 0.05) is 11.9 Å². The Hall–Kier alpha value is -1.39. The van der Waals surface area contributed by atoms with Crippen LogP contribution in [0.1, 0.15) is 18.6 Å². The molecule has 1 aliphatic rings. The standard InChI is InChI=1S/C13H14FNO2/c14-10-3-4-11-8(5-10)6-12(17-11)13(16,7-15)9-1-2-9/h3-6,9,16H,1-2,7,15H2. The Bertz CT molecular complexity index is 562. The lowest BCUT2D eigenvalue weighted by Crippen LogP contribution is -2.36. The third-order valence-electron chi connectivity index (χ3n) is 3.47. The molecule has 0 spiro atoms. The number of furan rings is 1. The van der Waals surface area contributed by atoms with Crippen molar-refractivity contribution in [3.8, 4) is 0 Å². The molecule has 17 heavy (non-hydrogen) atoms. The Morgan fingerprint density at radius 1 is 1.41 bits per heavy atom. The molecule has 3 rings (SSSR count). The van der Waals surface area contributed by atoms with Crippen molar-refractivity contribution in [1.29, 1.82) is 0 Å². The van der Waals surface area contributed by atoms with Crippen LogP contribution in [-0.2, 0) is 5.60 Å². The average Bonchev–Trinajstić information content (AvgIpc) is 3.08. The number of nitrogens with two attached hydrogens (primary N) is 1. The summed E-state index contributed by atoms with van der Waals surface area (Å²) in [4.78, 5) is 0. The van der Waals surface area contributed by atoms with E-state index in [9.17, 15) is 9.50 Å². The Balaban J connectivity index is 2.10. The van der Waals surface area contributed by atoms with Crippen LogP contribution in [0.2, 0.25) is 0 Å². The maximum Gasteiger partial charge on any atom is 0.138 e. The predicted octanol–water partition coefficient (Wildman–Crippen LogP) is 2.13. The number of halogens is 1. The topological polar surface area (TPSA) is 59.4 Å². The summed E-state index contributed by atoms with van der Waals surface area (Å²) >= 11 is 0. The molecular weight excluding hydrogens is 221 g/mol. The van der Waals surface area contributed by atoms with E-state index in [4.69, 9.17) is 10.2 Å². The first kappa shape index (κ1) is 10.7. The van der Waals surface area contributed by atoms with Crippen molar-refractivity contribution in [2.45, 2.75) is 18.4 Å². The van der Waals surface area contributed by atoms with Gasteiger partial charge in [-0.05, 0) is 43.0 Å². The van der Waals surface area contributed by atoms with Gasteiger partial charge in [0.25, 0.3) is 0 Å². The molecule has 3 nitrogen and oxygen atoms in total. The summed E-state index contributed by atoms with van der Waals surface area (Å²) in [6, 6.07) is 5.99. The largest absolute Gasteiger partial charge is 0.458 e. The molecule has 2 aromatic rings. The normalized spacial score (nSPS) is 19.5. The van der Waals surface area contributed by atoms with Crippen molar-refractivity contribution in [3.63, 3.8) is 0 Å². The van der Waals surface area contributed by atoms with Gasteiger partial charge in [0.15, 0.2) is 0 Å². The van der Waals surface area contributed by atoms with Crippen LogP contribution >= 0.6 is 0 Å². The molecule has 0 bridgehead atoms. The van der Waals surface area contributed by atoms with Gasteiger partial charge in [-0.25, -0.2) is 4.39 Å². The first-order valence-electron chi connectivity index (χ1n) is 5.75. The minimum atomic E-state index is -1.10. The van der Waals surface area contributed by atoms with Crippen molar-refractivity contribution in [2.24, 2.45) is 11.7 Å². The summed E-state index contributed by atoms with van der Waals surface area (Å²) in [6.45, 7) is 0.125. The number of aliphatic hydroxyl groups is 1. The maximum absolute atomic E-state index is 13.1. The van der Waals surface area contributed by atoms with Crippen molar-refractivity contribution in [3.05, 3.63) is 35.8 Å².